The van der Waals surface area contributed by atoms with Gasteiger partial charge in [0.2, 0.25) is 0 Å². The fourth-order valence-corrected chi connectivity index (χ4v) is 3.34. The summed E-state index contributed by atoms with van der Waals surface area (Å²) in [6.07, 6.45) is 0. The minimum atomic E-state index is -0.0448. The third-order valence-electron chi connectivity index (χ3n) is 4.56. The van der Waals surface area contributed by atoms with Crippen LogP contribution in [0.4, 0.5) is 0 Å². The molecule has 3 N–H and O–H groups in total. The Balaban J connectivity index is 2.05. The minimum Gasteiger partial charge on any atom is -0.508 e. The lowest BCUT2D eigenvalue weighted by molar-refractivity contribution is 0.455. The van der Waals surface area contributed by atoms with Gasteiger partial charge < -0.3 is 15.3 Å². The monoisotopic (exact) mass is 354 g/mol. The van der Waals surface area contributed by atoms with E-state index >= 15 is 0 Å². The van der Waals surface area contributed by atoms with E-state index in [4.69, 9.17) is 0 Å². The lowest BCUT2D eigenvalue weighted by atomic mass is 9.89. The lowest BCUT2D eigenvalue weighted by Gasteiger charge is -2.18. The van der Waals surface area contributed by atoms with Gasteiger partial charge in [-0.15, -0.1) is 0 Å². The Bertz CT molecular complexity index is 1090. The van der Waals surface area contributed by atoms with Crippen LogP contribution in [0, 0.1) is 0 Å². The highest BCUT2D eigenvalue weighted by Gasteiger charge is 2.21. The molecule has 0 aliphatic carbocycles. The molecule has 3 heteroatoms. The summed E-state index contributed by atoms with van der Waals surface area (Å²) in [6.45, 7) is 0. The largest absolute Gasteiger partial charge is 0.508 e. The maximum absolute atomic E-state index is 11.2. The van der Waals surface area contributed by atoms with E-state index < -0.39 is 0 Å². The van der Waals surface area contributed by atoms with Gasteiger partial charge in [-0.25, -0.2) is 0 Å². The van der Waals surface area contributed by atoms with Gasteiger partial charge in [0.1, 0.15) is 17.2 Å². The predicted octanol–water partition coefficient (Wildman–Crippen LogP) is 5.80. The Hall–Kier alpha value is -3.72. The average Bonchev–Trinajstić information content (AvgIpc) is 2.69. The van der Waals surface area contributed by atoms with Crippen LogP contribution < -0.4 is 0 Å². The van der Waals surface area contributed by atoms with Gasteiger partial charge in [-0.3, -0.25) is 0 Å². The number of benzene rings is 4. The number of hydrogen-bond donors (Lipinski definition) is 3. The van der Waals surface area contributed by atoms with E-state index in [2.05, 4.69) is 0 Å². The molecule has 0 radical (unpaired) electrons. The van der Waals surface area contributed by atoms with Crippen molar-refractivity contribution in [2.75, 3.05) is 0 Å². The molecule has 0 fully saturated rings. The molecule has 0 saturated heterocycles. The maximum atomic E-state index is 11.2. The molecule has 0 aliphatic rings. The van der Waals surface area contributed by atoms with Crippen LogP contribution in [0.15, 0.2) is 91.0 Å². The highest BCUT2D eigenvalue weighted by molar-refractivity contribution is 5.95. The van der Waals surface area contributed by atoms with Gasteiger partial charge in [-0.2, -0.15) is 0 Å². The maximum Gasteiger partial charge on any atom is 0.135 e. The van der Waals surface area contributed by atoms with Gasteiger partial charge in [0, 0.05) is 5.56 Å². The molecule has 3 nitrogen and oxygen atoms in total. The van der Waals surface area contributed by atoms with Gasteiger partial charge in [0.25, 0.3) is 0 Å². The third kappa shape index (κ3) is 3.11. The Labute approximate surface area is 157 Å². The van der Waals surface area contributed by atoms with E-state index in [-0.39, 0.29) is 17.2 Å². The van der Waals surface area contributed by atoms with E-state index in [0.29, 0.717) is 16.7 Å². The molecule has 0 aromatic heterocycles. The first-order valence-corrected chi connectivity index (χ1v) is 8.64. The van der Waals surface area contributed by atoms with Crippen molar-refractivity contribution >= 4 is 0 Å². The van der Waals surface area contributed by atoms with Crippen LogP contribution in [0.1, 0.15) is 0 Å². The molecule has 27 heavy (non-hydrogen) atoms. The summed E-state index contributed by atoms with van der Waals surface area (Å²) in [6, 6.07) is 27.4. The second-order valence-corrected chi connectivity index (χ2v) is 6.32. The van der Waals surface area contributed by atoms with Crippen LogP contribution >= 0.6 is 0 Å². The Kier molecular flexibility index (Phi) is 4.27. The van der Waals surface area contributed by atoms with Gasteiger partial charge in [-0.05, 0) is 40.5 Å². The first kappa shape index (κ1) is 16.7. The standard InChI is InChI=1S/C24H18O3/c25-19-13-7-12-18(14-19)23-21(26)15-20(16-8-3-1-4-9-16)22(24(23)27)17-10-5-2-6-11-17/h1-15,25-27H. The zero-order valence-corrected chi connectivity index (χ0v) is 14.5. The summed E-state index contributed by atoms with van der Waals surface area (Å²) in [4.78, 5) is 0. The molecule has 4 rings (SSSR count). The van der Waals surface area contributed by atoms with Crippen LogP contribution in [0.5, 0.6) is 17.2 Å². The van der Waals surface area contributed by atoms with Gasteiger partial charge in [-0.1, -0.05) is 72.8 Å². The molecule has 0 unspecified atom stereocenters. The second-order valence-electron chi connectivity index (χ2n) is 6.32. The van der Waals surface area contributed by atoms with E-state index in [1.807, 2.05) is 60.7 Å². The van der Waals surface area contributed by atoms with Crippen molar-refractivity contribution in [2.24, 2.45) is 0 Å². The molecule has 0 aliphatic heterocycles. The van der Waals surface area contributed by atoms with Crippen LogP contribution in [0.2, 0.25) is 0 Å². The quantitative estimate of drug-likeness (QED) is 0.435. The van der Waals surface area contributed by atoms with E-state index in [9.17, 15) is 15.3 Å². The smallest absolute Gasteiger partial charge is 0.135 e. The molecule has 0 saturated carbocycles. The van der Waals surface area contributed by atoms with Crippen molar-refractivity contribution in [3.63, 3.8) is 0 Å². The zero-order chi connectivity index (χ0) is 18.8. The third-order valence-corrected chi connectivity index (χ3v) is 4.56. The highest BCUT2D eigenvalue weighted by Crippen LogP contribution is 2.49. The second kappa shape index (κ2) is 6.89. The number of hydrogen-bond acceptors (Lipinski definition) is 3. The molecule has 0 bridgehead atoms. The molecular formula is C24H18O3. The van der Waals surface area contributed by atoms with Crippen molar-refractivity contribution in [1.29, 1.82) is 0 Å². The summed E-state index contributed by atoms with van der Waals surface area (Å²) in [5.74, 6) is 0.00184. The molecule has 4 aromatic rings. The van der Waals surface area contributed by atoms with Crippen molar-refractivity contribution in [1.82, 2.24) is 0 Å². The highest BCUT2D eigenvalue weighted by atomic mass is 16.3. The topological polar surface area (TPSA) is 60.7 Å². The predicted molar refractivity (Wildman–Crippen MR) is 108 cm³/mol. The van der Waals surface area contributed by atoms with Crippen LogP contribution in [-0.2, 0) is 0 Å². The molecule has 4 aromatic carbocycles. The first-order chi connectivity index (χ1) is 13.1. The number of rotatable bonds is 3. The summed E-state index contributed by atoms with van der Waals surface area (Å²) in [5.41, 5.74) is 3.95. The molecule has 0 heterocycles. The number of phenols is 3. The molecule has 0 spiro atoms. The van der Waals surface area contributed by atoms with Gasteiger partial charge in [0.05, 0.1) is 5.56 Å². The van der Waals surface area contributed by atoms with Crippen molar-refractivity contribution in [2.45, 2.75) is 0 Å². The fraction of sp³-hybridized carbons (Fsp3) is 0. The summed E-state index contributed by atoms with van der Waals surface area (Å²) >= 11 is 0. The average molecular weight is 354 g/mol. The Morgan fingerprint density at radius 1 is 0.481 bits per heavy atom. The lowest BCUT2D eigenvalue weighted by Crippen LogP contribution is -1.91. The summed E-state index contributed by atoms with van der Waals surface area (Å²) < 4.78 is 0. The molecule has 132 valence electrons. The van der Waals surface area contributed by atoms with E-state index in [1.165, 1.54) is 6.07 Å². The van der Waals surface area contributed by atoms with E-state index in [0.717, 1.165) is 16.7 Å². The van der Waals surface area contributed by atoms with E-state index in [1.54, 1.807) is 24.3 Å². The first-order valence-electron chi connectivity index (χ1n) is 8.64. The molecular weight excluding hydrogens is 336 g/mol. The van der Waals surface area contributed by atoms with Gasteiger partial charge >= 0.3 is 0 Å². The van der Waals surface area contributed by atoms with Crippen molar-refractivity contribution < 1.29 is 15.3 Å². The van der Waals surface area contributed by atoms with Crippen molar-refractivity contribution in [3.8, 4) is 50.6 Å². The van der Waals surface area contributed by atoms with Crippen LogP contribution in [0.25, 0.3) is 33.4 Å². The molecule has 0 atom stereocenters. The molecule has 0 amide bonds. The minimum absolute atomic E-state index is 0.0225. The number of aromatic hydroxyl groups is 3. The van der Waals surface area contributed by atoms with Crippen LogP contribution in [-0.4, -0.2) is 15.3 Å². The summed E-state index contributed by atoms with van der Waals surface area (Å²) in [5, 5.41) is 31.7. The fourth-order valence-electron chi connectivity index (χ4n) is 3.34. The van der Waals surface area contributed by atoms with Gasteiger partial charge in [0.15, 0.2) is 0 Å². The Morgan fingerprint density at radius 3 is 1.70 bits per heavy atom. The normalized spacial score (nSPS) is 10.7. The summed E-state index contributed by atoms with van der Waals surface area (Å²) in [7, 11) is 0. The number of phenolic OH excluding ortho intramolecular Hbond substituents is 3. The SMILES string of the molecule is Oc1cccc(-c2c(O)cc(-c3ccccc3)c(-c3ccccc3)c2O)c1. The van der Waals surface area contributed by atoms with Crippen LogP contribution in [0.3, 0.4) is 0 Å². The van der Waals surface area contributed by atoms with Crippen molar-refractivity contribution in [3.05, 3.63) is 91.0 Å². The Morgan fingerprint density at radius 2 is 1.07 bits per heavy atom. The zero-order valence-electron chi connectivity index (χ0n) is 14.5.